The molecule has 116 valence electrons. The molecule has 1 fully saturated rings. The van der Waals surface area contributed by atoms with Crippen LogP contribution < -0.4 is 10.6 Å². The zero-order valence-corrected chi connectivity index (χ0v) is 14.7. The maximum atomic E-state index is 3.82. The zero-order chi connectivity index (χ0) is 14.8. The van der Waals surface area contributed by atoms with Gasteiger partial charge in [-0.3, -0.25) is 0 Å². The summed E-state index contributed by atoms with van der Waals surface area (Å²) in [6.45, 7) is 13.1. The number of hydrogen-bond acceptors (Lipinski definition) is 3. The van der Waals surface area contributed by atoms with E-state index in [2.05, 4.69) is 63.1 Å². The molecule has 0 bridgehead atoms. The predicted octanol–water partition coefficient (Wildman–Crippen LogP) is 4.14. The fraction of sp³-hybridized carbons (Fsp3) is 0.882. The second-order valence-corrected chi connectivity index (χ2v) is 9.31. The molecule has 2 aliphatic heterocycles. The molecule has 0 saturated carbocycles. The molecule has 1 saturated heterocycles. The van der Waals surface area contributed by atoms with Crippen molar-refractivity contribution < 1.29 is 0 Å². The van der Waals surface area contributed by atoms with Crippen LogP contribution in [0.2, 0.25) is 0 Å². The minimum absolute atomic E-state index is 0.354. The Morgan fingerprint density at radius 1 is 1.20 bits per heavy atom. The summed E-state index contributed by atoms with van der Waals surface area (Å²) < 4.78 is 0. The van der Waals surface area contributed by atoms with Gasteiger partial charge in [-0.1, -0.05) is 40.7 Å². The van der Waals surface area contributed by atoms with Crippen LogP contribution in [0.15, 0.2) is 11.8 Å². The zero-order valence-electron chi connectivity index (χ0n) is 13.9. The van der Waals surface area contributed by atoms with Gasteiger partial charge in [0.05, 0.1) is 0 Å². The van der Waals surface area contributed by atoms with Crippen molar-refractivity contribution in [2.24, 2.45) is 10.8 Å². The second kappa shape index (κ2) is 6.31. The number of thioether (sulfide) groups is 1. The van der Waals surface area contributed by atoms with Crippen molar-refractivity contribution in [2.45, 2.75) is 71.6 Å². The smallest absolute Gasteiger partial charge is 0.0420 e. The van der Waals surface area contributed by atoms with Crippen LogP contribution in [0.3, 0.4) is 0 Å². The maximum absolute atomic E-state index is 3.82. The van der Waals surface area contributed by atoms with Crippen molar-refractivity contribution in [2.75, 3.05) is 12.4 Å². The summed E-state index contributed by atoms with van der Waals surface area (Å²) >= 11 is 2.10. The van der Waals surface area contributed by atoms with Crippen molar-refractivity contribution in [1.29, 1.82) is 0 Å². The SMILES string of the molecule is CC(C)(C)C1CCC=C(CC(C)(C)C2CCNCS2)N1. The normalized spacial score (nSPS) is 28.8. The first-order valence-corrected chi connectivity index (χ1v) is 9.12. The van der Waals surface area contributed by atoms with Crippen LogP contribution in [0.25, 0.3) is 0 Å². The average Bonchev–Trinajstić information content (AvgIpc) is 2.38. The number of hydrogen-bond donors (Lipinski definition) is 2. The molecule has 0 aliphatic carbocycles. The summed E-state index contributed by atoms with van der Waals surface area (Å²) in [5.41, 5.74) is 2.22. The number of nitrogens with one attached hydrogen (secondary N) is 2. The largest absolute Gasteiger partial charge is 0.385 e. The molecular weight excluding hydrogens is 264 g/mol. The second-order valence-electron chi connectivity index (χ2n) is 8.12. The van der Waals surface area contributed by atoms with E-state index in [1.165, 1.54) is 37.9 Å². The van der Waals surface area contributed by atoms with Crippen LogP contribution in [0.1, 0.15) is 60.3 Å². The van der Waals surface area contributed by atoms with Crippen LogP contribution in [-0.4, -0.2) is 23.7 Å². The minimum Gasteiger partial charge on any atom is -0.385 e. The van der Waals surface area contributed by atoms with Crippen molar-refractivity contribution in [3.8, 4) is 0 Å². The number of allylic oxidation sites excluding steroid dienone is 2. The summed E-state index contributed by atoms with van der Waals surface area (Å²) in [6, 6.07) is 0.624. The van der Waals surface area contributed by atoms with Gasteiger partial charge in [-0.05, 0) is 43.1 Å². The van der Waals surface area contributed by atoms with E-state index in [0.717, 1.165) is 11.1 Å². The van der Waals surface area contributed by atoms with Crippen LogP contribution in [-0.2, 0) is 0 Å². The molecule has 0 amide bonds. The van der Waals surface area contributed by atoms with Crippen LogP contribution >= 0.6 is 11.8 Å². The fourth-order valence-corrected chi connectivity index (χ4v) is 4.60. The Labute approximate surface area is 129 Å². The van der Waals surface area contributed by atoms with Crippen molar-refractivity contribution >= 4 is 11.8 Å². The lowest BCUT2D eigenvalue weighted by Crippen LogP contribution is -2.43. The lowest BCUT2D eigenvalue weighted by atomic mass is 9.78. The van der Waals surface area contributed by atoms with Crippen LogP contribution in [0.4, 0.5) is 0 Å². The first-order chi connectivity index (χ1) is 9.29. The van der Waals surface area contributed by atoms with Crippen LogP contribution in [0.5, 0.6) is 0 Å². The molecule has 2 rings (SSSR count). The lowest BCUT2D eigenvalue weighted by Gasteiger charge is -2.41. The summed E-state index contributed by atoms with van der Waals surface area (Å²) in [7, 11) is 0. The topological polar surface area (TPSA) is 24.1 Å². The third-order valence-corrected chi connectivity index (χ3v) is 6.39. The third-order valence-electron chi connectivity index (χ3n) is 4.74. The third kappa shape index (κ3) is 4.17. The molecule has 2 N–H and O–H groups in total. The van der Waals surface area contributed by atoms with E-state index in [-0.39, 0.29) is 0 Å². The Kier molecular flexibility index (Phi) is 5.12. The molecule has 0 aromatic heterocycles. The standard InChI is InChI=1S/C17H32N2S/c1-16(2,3)14-8-6-7-13(19-14)11-17(4,5)15-9-10-18-12-20-15/h7,14-15,18-19H,6,8-12H2,1-5H3. The van der Waals surface area contributed by atoms with E-state index in [1.807, 2.05) is 0 Å². The van der Waals surface area contributed by atoms with E-state index in [4.69, 9.17) is 0 Å². The van der Waals surface area contributed by atoms with E-state index in [9.17, 15) is 0 Å². The van der Waals surface area contributed by atoms with Gasteiger partial charge in [-0.2, -0.15) is 0 Å². The van der Waals surface area contributed by atoms with Gasteiger partial charge in [-0.15, -0.1) is 11.8 Å². The van der Waals surface area contributed by atoms with Gasteiger partial charge in [0.2, 0.25) is 0 Å². The first kappa shape index (κ1) is 16.2. The predicted molar refractivity (Wildman–Crippen MR) is 91.0 cm³/mol. The molecule has 0 radical (unpaired) electrons. The van der Waals surface area contributed by atoms with Gasteiger partial charge in [0.15, 0.2) is 0 Å². The van der Waals surface area contributed by atoms with Crippen molar-refractivity contribution in [3.63, 3.8) is 0 Å². The highest BCUT2D eigenvalue weighted by Crippen LogP contribution is 2.40. The Morgan fingerprint density at radius 2 is 1.95 bits per heavy atom. The molecule has 3 heteroatoms. The van der Waals surface area contributed by atoms with Gasteiger partial charge in [0, 0.05) is 22.9 Å². The summed E-state index contributed by atoms with van der Waals surface area (Å²) in [5.74, 6) is 1.12. The number of rotatable bonds is 3. The monoisotopic (exact) mass is 296 g/mol. The molecule has 2 unspecified atom stereocenters. The highest BCUT2D eigenvalue weighted by Gasteiger charge is 2.34. The van der Waals surface area contributed by atoms with Gasteiger partial charge in [0.1, 0.15) is 0 Å². The minimum atomic E-state index is 0.354. The molecule has 2 heterocycles. The Hall–Kier alpha value is -0.150. The van der Waals surface area contributed by atoms with Gasteiger partial charge in [-0.25, -0.2) is 0 Å². The summed E-state index contributed by atoms with van der Waals surface area (Å²) in [4.78, 5) is 0. The maximum Gasteiger partial charge on any atom is 0.0420 e. The van der Waals surface area contributed by atoms with Crippen molar-refractivity contribution in [3.05, 3.63) is 11.8 Å². The molecule has 0 spiro atoms. The highest BCUT2D eigenvalue weighted by molar-refractivity contribution is 7.99. The van der Waals surface area contributed by atoms with Crippen LogP contribution in [0, 0.1) is 10.8 Å². The first-order valence-electron chi connectivity index (χ1n) is 8.07. The molecule has 0 aromatic carbocycles. The molecule has 2 aliphatic rings. The summed E-state index contributed by atoms with van der Waals surface area (Å²) in [6.07, 6.45) is 7.44. The Balaban J connectivity index is 1.96. The summed E-state index contributed by atoms with van der Waals surface area (Å²) in [5, 5.41) is 8.05. The highest BCUT2D eigenvalue weighted by atomic mass is 32.2. The van der Waals surface area contributed by atoms with Gasteiger partial charge < -0.3 is 10.6 Å². The average molecular weight is 297 g/mol. The Bertz CT molecular complexity index is 348. The van der Waals surface area contributed by atoms with Gasteiger partial charge in [0.25, 0.3) is 0 Å². The van der Waals surface area contributed by atoms with E-state index in [1.54, 1.807) is 0 Å². The van der Waals surface area contributed by atoms with Crippen molar-refractivity contribution in [1.82, 2.24) is 10.6 Å². The van der Waals surface area contributed by atoms with E-state index < -0.39 is 0 Å². The molecule has 2 atom stereocenters. The fourth-order valence-electron chi connectivity index (χ4n) is 3.32. The molecular formula is C17H32N2S. The Morgan fingerprint density at radius 3 is 2.55 bits per heavy atom. The molecule has 0 aromatic rings. The lowest BCUT2D eigenvalue weighted by molar-refractivity contribution is 0.245. The van der Waals surface area contributed by atoms with Gasteiger partial charge >= 0.3 is 0 Å². The molecule has 2 nitrogen and oxygen atoms in total. The van der Waals surface area contributed by atoms with E-state index in [0.29, 0.717) is 16.9 Å². The van der Waals surface area contributed by atoms with E-state index >= 15 is 0 Å². The quantitative estimate of drug-likeness (QED) is 0.818. The molecule has 20 heavy (non-hydrogen) atoms.